The van der Waals surface area contributed by atoms with Crippen molar-refractivity contribution < 1.29 is 14.3 Å². The summed E-state index contributed by atoms with van der Waals surface area (Å²) in [5.41, 5.74) is 2.32. The molecule has 2 aromatic rings. The topological polar surface area (TPSA) is 54.0 Å². The molecule has 2 amide bonds. The molecule has 6 heteroatoms. The summed E-state index contributed by atoms with van der Waals surface area (Å²) in [7, 11) is 0. The third-order valence-electron chi connectivity index (χ3n) is 5.52. The molecule has 0 spiro atoms. The molecule has 0 saturated carbocycles. The first-order valence-electron chi connectivity index (χ1n) is 10.4. The number of rotatable bonds is 6. The van der Waals surface area contributed by atoms with Crippen molar-refractivity contribution in [1.82, 2.24) is 10.2 Å². The number of benzene rings is 2. The van der Waals surface area contributed by atoms with Gasteiger partial charge in [-0.15, -0.1) is 0 Å². The van der Waals surface area contributed by atoms with E-state index in [-0.39, 0.29) is 12.1 Å². The van der Waals surface area contributed by atoms with Gasteiger partial charge in [-0.3, -0.25) is 0 Å². The van der Waals surface area contributed by atoms with Crippen molar-refractivity contribution in [2.45, 2.75) is 25.6 Å². The van der Waals surface area contributed by atoms with E-state index < -0.39 is 0 Å². The van der Waals surface area contributed by atoms with Crippen LogP contribution in [0.1, 0.15) is 18.4 Å². The Morgan fingerprint density at radius 1 is 1.03 bits per heavy atom. The molecule has 1 unspecified atom stereocenters. The summed E-state index contributed by atoms with van der Waals surface area (Å²) >= 11 is 0. The third kappa shape index (κ3) is 5.41. The second-order valence-electron chi connectivity index (χ2n) is 7.56. The van der Waals surface area contributed by atoms with E-state index in [0.29, 0.717) is 13.2 Å². The van der Waals surface area contributed by atoms with Crippen LogP contribution in [0, 0.1) is 0 Å². The van der Waals surface area contributed by atoms with E-state index in [1.807, 2.05) is 35.2 Å². The number of hydrogen-bond acceptors (Lipinski definition) is 4. The van der Waals surface area contributed by atoms with Gasteiger partial charge in [0.15, 0.2) is 0 Å². The molecule has 2 aromatic carbocycles. The first-order valence-corrected chi connectivity index (χ1v) is 10.4. The van der Waals surface area contributed by atoms with Crippen LogP contribution in [0.5, 0.6) is 5.75 Å². The Kier molecular flexibility index (Phi) is 6.52. The van der Waals surface area contributed by atoms with Crippen LogP contribution in [0.3, 0.4) is 0 Å². The SMILES string of the molecule is O=C(NCC1CCCO1)N1CCN(c2ccc(OCc3ccccc3)cc2)CC1. The van der Waals surface area contributed by atoms with Crippen molar-refractivity contribution >= 4 is 11.7 Å². The number of nitrogens with one attached hydrogen (secondary N) is 1. The lowest BCUT2D eigenvalue weighted by Gasteiger charge is -2.36. The molecule has 0 bridgehead atoms. The summed E-state index contributed by atoms with van der Waals surface area (Å²) in [5.74, 6) is 0.866. The average molecular weight is 396 g/mol. The highest BCUT2D eigenvalue weighted by Gasteiger charge is 2.23. The smallest absolute Gasteiger partial charge is 0.317 e. The lowest BCUT2D eigenvalue weighted by atomic mass is 10.2. The summed E-state index contributed by atoms with van der Waals surface area (Å²) < 4.78 is 11.4. The third-order valence-corrected chi connectivity index (χ3v) is 5.52. The summed E-state index contributed by atoms with van der Waals surface area (Å²) in [5, 5.41) is 3.01. The van der Waals surface area contributed by atoms with E-state index in [2.05, 4.69) is 34.5 Å². The van der Waals surface area contributed by atoms with E-state index in [0.717, 1.165) is 62.6 Å². The maximum Gasteiger partial charge on any atom is 0.317 e. The zero-order chi connectivity index (χ0) is 19.9. The molecule has 4 rings (SSSR count). The zero-order valence-electron chi connectivity index (χ0n) is 16.8. The number of nitrogens with zero attached hydrogens (tertiary/aromatic N) is 2. The number of ether oxygens (including phenoxy) is 2. The Hall–Kier alpha value is -2.73. The number of urea groups is 1. The normalized spacial score (nSPS) is 19.2. The van der Waals surface area contributed by atoms with Gasteiger partial charge in [-0.05, 0) is 42.7 Å². The molecule has 2 saturated heterocycles. The van der Waals surface area contributed by atoms with Gasteiger partial charge < -0.3 is 24.6 Å². The predicted octanol–water partition coefficient (Wildman–Crippen LogP) is 3.28. The molecule has 2 aliphatic rings. The van der Waals surface area contributed by atoms with Gasteiger partial charge in [-0.2, -0.15) is 0 Å². The molecule has 0 aliphatic carbocycles. The van der Waals surface area contributed by atoms with Gasteiger partial charge in [-0.1, -0.05) is 30.3 Å². The number of anilines is 1. The van der Waals surface area contributed by atoms with Crippen molar-refractivity contribution in [3.8, 4) is 5.75 Å². The van der Waals surface area contributed by atoms with Crippen LogP contribution >= 0.6 is 0 Å². The Morgan fingerprint density at radius 3 is 2.48 bits per heavy atom. The molecule has 2 fully saturated rings. The summed E-state index contributed by atoms with van der Waals surface area (Å²) in [4.78, 5) is 16.6. The van der Waals surface area contributed by atoms with Crippen molar-refractivity contribution in [3.63, 3.8) is 0 Å². The zero-order valence-corrected chi connectivity index (χ0v) is 16.8. The van der Waals surface area contributed by atoms with Crippen LogP contribution in [-0.2, 0) is 11.3 Å². The molecule has 1 atom stereocenters. The van der Waals surface area contributed by atoms with E-state index in [4.69, 9.17) is 9.47 Å². The number of amides is 2. The van der Waals surface area contributed by atoms with Crippen molar-refractivity contribution in [2.75, 3.05) is 44.2 Å². The van der Waals surface area contributed by atoms with Gasteiger partial charge in [0, 0.05) is 45.0 Å². The van der Waals surface area contributed by atoms with Crippen LogP contribution in [0.15, 0.2) is 54.6 Å². The highest BCUT2D eigenvalue weighted by Crippen LogP contribution is 2.21. The van der Waals surface area contributed by atoms with Crippen molar-refractivity contribution in [2.24, 2.45) is 0 Å². The van der Waals surface area contributed by atoms with Gasteiger partial charge >= 0.3 is 6.03 Å². The summed E-state index contributed by atoms with van der Waals surface area (Å²) in [6.45, 7) is 5.11. The first kappa shape index (κ1) is 19.6. The molecule has 2 aliphatic heterocycles. The fraction of sp³-hybridized carbons (Fsp3) is 0.435. The van der Waals surface area contributed by atoms with E-state index in [1.54, 1.807) is 0 Å². The maximum atomic E-state index is 12.4. The Bertz CT molecular complexity index is 768. The van der Waals surface area contributed by atoms with Crippen LogP contribution in [0.4, 0.5) is 10.5 Å². The average Bonchev–Trinajstić information content (AvgIpc) is 3.31. The Morgan fingerprint density at radius 2 is 1.79 bits per heavy atom. The predicted molar refractivity (Wildman–Crippen MR) is 113 cm³/mol. The van der Waals surface area contributed by atoms with Gasteiger partial charge in [-0.25, -0.2) is 4.79 Å². The molecule has 2 heterocycles. The van der Waals surface area contributed by atoms with Gasteiger partial charge in [0.05, 0.1) is 6.10 Å². The fourth-order valence-electron chi connectivity index (χ4n) is 3.78. The number of carbonyl (C=O) groups is 1. The molecule has 154 valence electrons. The van der Waals surface area contributed by atoms with Gasteiger partial charge in [0.25, 0.3) is 0 Å². The van der Waals surface area contributed by atoms with Crippen molar-refractivity contribution in [3.05, 3.63) is 60.2 Å². The van der Waals surface area contributed by atoms with Gasteiger partial charge in [0.1, 0.15) is 12.4 Å². The number of hydrogen-bond donors (Lipinski definition) is 1. The lowest BCUT2D eigenvalue weighted by molar-refractivity contribution is 0.108. The standard InChI is InChI=1S/C23H29N3O3/c27-23(24-17-22-7-4-16-28-22)26-14-12-25(13-15-26)20-8-10-21(11-9-20)29-18-19-5-2-1-3-6-19/h1-3,5-6,8-11,22H,4,7,12-18H2,(H,24,27). The molecule has 6 nitrogen and oxygen atoms in total. The largest absolute Gasteiger partial charge is 0.489 e. The fourth-order valence-corrected chi connectivity index (χ4v) is 3.78. The minimum Gasteiger partial charge on any atom is -0.489 e. The van der Waals surface area contributed by atoms with E-state index in [9.17, 15) is 4.79 Å². The first-order chi connectivity index (χ1) is 14.3. The second-order valence-corrected chi connectivity index (χ2v) is 7.56. The van der Waals surface area contributed by atoms with Crippen molar-refractivity contribution in [1.29, 1.82) is 0 Å². The Labute approximate surface area is 172 Å². The molecule has 0 aromatic heterocycles. The number of carbonyl (C=O) groups excluding carboxylic acids is 1. The highest BCUT2D eigenvalue weighted by molar-refractivity contribution is 5.74. The molecule has 0 radical (unpaired) electrons. The molecule has 29 heavy (non-hydrogen) atoms. The van der Waals surface area contributed by atoms with Crippen LogP contribution in [0.2, 0.25) is 0 Å². The monoisotopic (exact) mass is 395 g/mol. The van der Waals surface area contributed by atoms with Gasteiger partial charge in [0.2, 0.25) is 0 Å². The molecular formula is C23H29N3O3. The minimum atomic E-state index is 0.0183. The molecule has 1 N–H and O–H groups in total. The van der Waals surface area contributed by atoms with Crippen LogP contribution in [-0.4, -0.2) is 56.4 Å². The quantitative estimate of drug-likeness (QED) is 0.816. The minimum absolute atomic E-state index is 0.0183. The summed E-state index contributed by atoms with van der Waals surface area (Å²) in [6.07, 6.45) is 2.32. The second kappa shape index (κ2) is 9.65. The Balaban J connectivity index is 1.21. The summed E-state index contributed by atoms with van der Waals surface area (Å²) in [6, 6.07) is 18.4. The lowest BCUT2D eigenvalue weighted by Crippen LogP contribution is -2.52. The highest BCUT2D eigenvalue weighted by atomic mass is 16.5. The van der Waals surface area contributed by atoms with E-state index >= 15 is 0 Å². The molecular weight excluding hydrogens is 366 g/mol. The number of piperazine rings is 1. The van der Waals surface area contributed by atoms with Crippen LogP contribution < -0.4 is 15.0 Å². The van der Waals surface area contributed by atoms with E-state index in [1.165, 1.54) is 0 Å². The maximum absolute atomic E-state index is 12.4. The van der Waals surface area contributed by atoms with Crippen LogP contribution in [0.25, 0.3) is 0 Å².